The summed E-state index contributed by atoms with van der Waals surface area (Å²) in [6.07, 6.45) is 10.3. The fraction of sp³-hybridized carbons (Fsp3) is 0.500. The van der Waals surface area contributed by atoms with Crippen LogP contribution in [-0.2, 0) is 11.2 Å². The number of hydrogen-bond donors (Lipinski definition) is 2. The molecule has 2 N–H and O–H groups in total. The Labute approximate surface area is 192 Å². The van der Waals surface area contributed by atoms with E-state index in [1.807, 2.05) is 0 Å². The minimum atomic E-state index is 0.172. The number of fused-ring (bicyclic) bond motifs is 2. The maximum atomic E-state index is 6.55. The van der Waals surface area contributed by atoms with E-state index in [0.717, 1.165) is 99.1 Å². The highest BCUT2D eigenvalue weighted by Crippen LogP contribution is 2.34. The van der Waals surface area contributed by atoms with E-state index in [1.165, 1.54) is 5.56 Å². The average Bonchev–Trinajstić information content (AvgIpc) is 3.36. The maximum Gasteiger partial charge on any atom is 0.149 e. The van der Waals surface area contributed by atoms with Crippen LogP contribution in [0.25, 0.3) is 11.0 Å². The fourth-order valence-corrected chi connectivity index (χ4v) is 5.05. The molecule has 0 atom stereocenters. The van der Waals surface area contributed by atoms with Crippen LogP contribution in [0.3, 0.4) is 0 Å². The minimum absolute atomic E-state index is 0.172. The van der Waals surface area contributed by atoms with Gasteiger partial charge < -0.3 is 25.0 Å². The first-order valence-electron chi connectivity index (χ1n) is 11.9. The van der Waals surface area contributed by atoms with Crippen molar-refractivity contribution in [2.45, 2.75) is 44.2 Å². The van der Waals surface area contributed by atoms with E-state index in [9.17, 15) is 0 Å². The monoisotopic (exact) mass is 447 g/mol. The minimum Gasteiger partial charge on any atom is -0.488 e. The maximum absolute atomic E-state index is 6.55. The first-order chi connectivity index (χ1) is 16.3. The van der Waals surface area contributed by atoms with E-state index in [2.05, 4.69) is 47.6 Å². The Hall–Kier alpha value is -3.20. The summed E-state index contributed by atoms with van der Waals surface area (Å²) in [4.78, 5) is 20.3. The second-order valence-corrected chi connectivity index (χ2v) is 8.93. The highest BCUT2D eigenvalue weighted by atomic mass is 16.5. The van der Waals surface area contributed by atoms with Crippen LogP contribution in [-0.4, -0.2) is 64.9 Å². The third-order valence-electron chi connectivity index (χ3n) is 6.82. The second kappa shape index (κ2) is 8.97. The lowest BCUT2D eigenvalue weighted by molar-refractivity contribution is 0.122. The molecule has 2 aliphatic heterocycles. The van der Waals surface area contributed by atoms with Gasteiger partial charge in [0.05, 0.1) is 24.8 Å². The summed E-state index contributed by atoms with van der Waals surface area (Å²) >= 11 is 0. The summed E-state index contributed by atoms with van der Waals surface area (Å²) in [6.45, 7) is 4.19. The predicted octanol–water partition coefficient (Wildman–Crippen LogP) is 3.03. The number of benzene rings is 1. The molecule has 6 rings (SSSR count). The number of aromatic nitrogens is 4. The van der Waals surface area contributed by atoms with Crippen molar-refractivity contribution >= 4 is 28.4 Å². The summed E-state index contributed by atoms with van der Waals surface area (Å²) < 4.78 is 12.1. The van der Waals surface area contributed by atoms with Crippen molar-refractivity contribution in [3.8, 4) is 5.75 Å². The molecule has 9 heteroatoms. The van der Waals surface area contributed by atoms with Gasteiger partial charge in [0.15, 0.2) is 0 Å². The Morgan fingerprint density at radius 3 is 2.73 bits per heavy atom. The highest BCUT2D eigenvalue weighted by molar-refractivity contribution is 5.85. The Morgan fingerprint density at radius 2 is 1.85 bits per heavy atom. The van der Waals surface area contributed by atoms with Crippen LogP contribution in [0.1, 0.15) is 31.2 Å². The van der Waals surface area contributed by atoms with Crippen molar-refractivity contribution < 1.29 is 9.47 Å². The van der Waals surface area contributed by atoms with Crippen LogP contribution in [0, 0.1) is 0 Å². The Balaban J connectivity index is 1.15. The van der Waals surface area contributed by atoms with Gasteiger partial charge in [-0.1, -0.05) is 0 Å². The van der Waals surface area contributed by atoms with Crippen molar-refractivity contribution in [3.63, 3.8) is 0 Å². The van der Waals surface area contributed by atoms with Gasteiger partial charge in [0, 0.05) is 55.4 Å². The largest absolute Gasteiger partial charge is 0.488 e. The molecule has 0 unspecified atom stereocenters. The van der Waals surface area contributed by atoms with Crippen LogP contribution in [0.5, 0.6) is 5.75 Å². The van der Waals surface area contributed by atoms with Crippen LogP contribution in [0.2, 0.25) is 0 Å². The van der Waals surface area contributed by atoms with Crippen molar-refractivity contribution in [3.05, 3.63) is 36.4 Å². The highest BCUT2D eigenvalue weighted by Gasteiger charge is 2.26. The number of hydrogen-bond acceptors (Lipinski definition) is 9. The SMILES string of the molecule is c1nc2c(c(NC3CCC(Oc4cc(N5CCOCC5)cc5nccnc45)CC3)n1)CCN2. The molecule has 172 valence electrons. The number of nitrogens with zero attached hydrogens (tertiary/aromatic N) is 5. The van der Waals surface area contributed by atoms with Crippen molar-refractivity contribution in [2.24, 2.45) is 0 Å². The van der Waals surface area contributed by atoms with E-state index in [1.54, 1.807) is 18.7 Å². The molecule has 33 heavy (non-hydrogen) atoms. The average molecular weight is 448 g/mol. The van der Waals surface area contributed by atoms with Crippen LogP contribution < -0.4 is 20.3 Å². The van der Waals surface area contributed by atoms with Crippen LogP contribution in [0.4, 0.5) is 17.3 Å². The van der Waals surface area contributed by atoms with Gasteiger partial charge in [-0.3, -0.25) is 4.98 Å². The van der Waals surface area contributed by atoms with Gasteiger partial charge in [-0.05, 0) is 38.2 Å². The van der Waals surface area contributed by atoms with E-state index in [0.29, 0.717) is 6.04 Å². The Morgan fingerprint density at radius 1 is 1.00 bits per heavy atom. The number of morpholine rings is 1. The quantitative estimate of drug-likeness (QED) is 0.612. The van der Waals surface area contributed by atoms with Gasteiger partial charge in [0.25, 0.3) is 0 Å². The molecule has 4 heterocycles. The number of nitrogens with one attached hydrogen (secondary N) is 2. The molecule has 0 amide bonds. The Kier molecular flexibility index (Phi) is 5.55. The molecule has 0 radical (unpaired) electrons. The van der Waals surface area contributed by atoms with Gasteiger partial charge in [-0.15, -0.1) is 0 Å². The zero-order chi connectivity index (χ0) is 22.0. The van der Waals surface area contributed by atoms with E-state index < -0.39 is 0 Å². The third kappa shape index (κ3) is 4.25. The van der Waals surface area contributed by atoms with Gasteiger partial charge in [-0.25, -0.2) is 15.0 Å². The molecule has 1 saturated carbocycles. The van der Waals surface area contributed by atoms with Crippen molar-refractivity contribution in [2.75, 3.05) is 48.4 Å². The molecular weight excluding hydrogens is 418 g/mol. The standard InChI is InChI=1S/C24H29N7O2/c1-3-18(4-2-16(1)30-24-19-5-6-27-23(19)28-15-29-24)33-21-14-17(31-9-11-32-12-10-31)13-20-22(21)26-8-7-25-20/h7-8,13-16,18H,1-6,9-12H2,(H2,27,28,29,30). The molecule has 3 aromatic rings. The lowest BCUT2D eigenvalue weighted by atomic mass is 9.92. The summed E-state index contributed by atoms with van der Waals surface area (Å²) in [5, 5.41) is 6.98. The van der Waals surface area contributed by atoms with E-state index in [4.69, 9.17) is 9.47 Å². The van der Waals surface area contributed by atoms with Gasteiger partial charge in [0.2, 0.25) is 0 Å². The molecule has 9 nitrogen and oxygen atoms in total. The first-order valence-corrected chi connectivity index (χ1v) is 11.9. The van der Waals surface area contributed by atoms with Crippen LogP contribution >= 0.6 is 0 Å². The zero-order valence-electron chi connectivity index (χ0n) is 18.7. The fourth-order valence-electron chi connectivity index (χ4n) is 5.05. The second-order valence-electron chi connectivity index (χ2n) is 8.93. The molecule has 0 bridgehead atoms. The van der Waals surface area contributed by atoms with Gasteiger partial charge in [-0.2, -0.15) is 0 Å². The molecule has 2 aromatic heterocycles. The molecule has 2 fully saturated rings. The predicted molar refractivity (Wildman–Crippen MR) is 127 cm³/mol. The van der Waals surface area contributed by atoms with E-state index >= 15 is 0 Å². The molecule has 0 spiro atoms. The first kappa shape index (κ1) is 20.4. The lowest BCUT2D eigenvalue weighted by Crippen LogP contribution is -2.36. The molecule has 1 aromatic carbocycles. The lowest BCUT2D eigenvalue weighted by Gasteiger charge is -2.31. The van der Waals surface area contributed by atoms with Crippen LogP contribution in [0.15, 0.2) is 30.9 Å². The third-order valence-corrected chi connectivity index (χ3v) is 6.82. The van der Waals surface area contributed by atoms with Gasteiger partial charge in [0.1, 0.15) is 29.2 Å². The molecular formula is C24H29N7O2. The van der Waals surface area contributed by atoms with Crippen molar-refractivity contribution in [1.82, 2.24) is 19.9 Å². The molecule has 3 aliphatic rings. The molecule has 1 aliphatic carbocycles. The summed E-state index contributed by atoms with van der Waals surface area (Å²) in [5.41, 5.74) is 4.04. The zero-order valence-corrected chi connectivity index (χ0v) is 18.7. The topological polar surface area (TPSA) is 97.3 Å². The summed E-state index contributed by atoms with van der Waals surface area (Å²) in [5.74, 6) is 2.78. The summed E-state index contributed by atoms with van der Waals surface area (Å²) in [7, 11) is 0. The van der Waals surface area contributed by atoms with Gasteiger partial charge >= 0.3 is 0 Å². The van der Waals surface area contributed by atoms with E-state index in [-0.39, 0.29) is 6.10 Å². The summed E-state index contributed by atoms with van der Waals surface area (Å²) in [6, 6.07) is 4.64. The van der Waals surface area contributed by atoms with Crippen molar-refractivity contribution in [1.29, 1.82) is 0 Å². The number of anilines is 3. The molecule has 1 saturated heterocycles. The number of ether oxygens (including phenoxy) is 2. The number of rotatable bonds is 5. The normalized spacial score (nSPS) is 22.6. The smallest absolute Gasteiger partial charge is 0.149 e. The Bertz CT molecular complexity index is 1130.